The van der Waals surface area contributed by atoms with E-state index in [1.807, 2.05) is 26.8 Å². The number of amides is 2. The average Bonchev–Trinajstić information content (AvgIpc) is 2.26. The van der Waals surface area contributed by atoms with Gasteiger partial charge in [-0.15, -0.1) is 0 Å². The van der Waals surface area contributed by atoms with Gasteiger partial charge in [-0.05, 0) is 19.8 Å². The number of carbonyl (C=O) groups is 2. The van der Waals surface area contributed by atoms with Crippen LogP contribution in [0.15, 0.2) is 0 Å². The van der Waals surface area contributed by atoms with E-state index in [0.717, 1.165) is 0 Å². The van der Waals surface area contributed by atoms with E-state index in [0.29, 0.717) is 13.1 Å². The molecule has 0 aliphatic rings. The van der Waals surface area contributed by atoms with Gasteiger partial charge in [0.25, 0.3) is 0 Å². The first-order valence-corrected chi connectivity index (χ1v) is 5.92. The van der Waals surface area contributed by atoms with Crippen molar-refractivity contribution in [2.45, 2.75) is 27.7 Å². The first-order valence-electron chi connectivity index (χ1n) is 5.92. The molecule has 5 heteroatoms. The Bertz CT molecular complexity index is 307. The predicted octanol–water partition coefficient (Wildman–Crippen LogP) is 0.767. The Kier molecular flexibility index (Phi) is 6.95. The molecule has 0 saturated heterocycles. The zero-order chi connectivity index (χ0) is 13.4. The molecule has 0 rings (SSSR count). The van der Waals surface area contributed by atoms with Crippen LogP contribution in [-0.2, 0) is 9.59 Å². The van der Waals surface area contributed by atoms with E-state index in [9.17, 15) is 9.59 Å². The number of hydrogen-bond donors (Lipinski definition) is 1. The van der Waals surface area contributed by atoms with Gasteiger partial charge in [-0.25, -0.2) is 0 Å². The van der Waals surface area contributed by atoms with Crippen molar-refractivity contribution >= 4 is 11.8 Å². The average molecular weight is 239 g/mol. The molecule has 0 aliphatic carbocycles. The molecule has 0 aromatic rings. The second-order valence-electron chi connectivity index (χ2n) is 4.16. The molecule has 0 saturated carbocycles. The molecule has 0 spiro atoms. The fourth-order valence-electron chi connectivity index (χ4n) is 1.46. The molecule has 0 aliphatic heterocycles. The van der Waals surface area contributed by atoms with Gasteiger partial charge >= 0.3 is 0 Å². The molecule has 96 valence electrons. The molecular weight excluding hydrogens is 218 g/mol. The van der Waals surface area contributed by atoms with Crippen LogP contribution in [0.5, 0.6) is 0 Å². The molecule has 0 fully saturated rings. The summed E-state index contributed by atoms with van der Waals surface area (Å²) in [6.07, 6.45) is 0. The molecular formula is C12H21N3O2. The predicted molar refractivity (Wildman–Crippen MR) is 64.9 cm³/mol. The maximum absolute atomic E-state index is 12.0. The van der Waals surface area contributed by atoms with Crippen LogP contribution in [0, 0.1) is 23.2 Å². The third kappa shape index (κ3) is 4.85. The number of rotatable bonds is 6. The van der Waals surface area contributed by atoms with Gasteiger partial charge in [0.1, 0.15) is 5.92 Å². The summed E-state index contributed by atoms with van der Waals surface area (Å²) in [5.41, 5.74) is 0. The minimum Gasteiger partial charge on any atom is -0.355 e. The van der Waals surface area contributed by atoms with Crippen LogP contribution in [0.4, 0.5) is 0 Å². The van der Waals surface area contributed by atoms with Crippen molar-refractivity contribution in [2.75, 3.05) is 19.6 Å². The van der Waals surface area contributed by atoms with Gasteiger partial charge in [0.05, 0.1) is 12.6 Å². The Morgan fingerprint density at radius 1 is 1.35 bits per heavy atom. The van der Waals surface area contributed by atoms with Crippen LogP contribution >= 0.6 is 0 Å². The summed E-state index contributed by atoms with van der Waals surface area (Å²) in [6, 6.07) is 2.00. The van der Waals surface area contributed by atoms with Crippen molar-refractivity contribution in [2.24, 2.45) is 11.8 Å². The molecule has 2 amide bonds. The Labute approximate surface area is 103 Å². The highest BCUT2D eigenvalue weighted by Crippen LogP contribution is 2.13. The summed E-state index contributed by atoms with van der Waals surface area (Å²) >= 11 is 0. The van der Waals surface area contributed by atoms with E-state index in [2.05, 4.69) is 5.32 Å². The molecule has 17 heavy (non-hydrogen) atoms. The Morgan fingerprint density at radius 2 is 1.94 bits per heavy atom. The van der Waals surface area contributed by atoms with Crippen LogP contribution < -0.4 is 5.32 Å². The first-order chi connectivity index (χ1) is 7.97. The lowest BCUT2D eigenvalue weighted by Crippen LogP contribution is -2.43. The van der Waals surface area contributed by atoms with Gasteiger partial charge in [0, 0.05) is 13.1 Å². The van der Waals surface area contributed by atoms with E-state index in [1.165, 1.54) is 4.90 Å². The monoisotopic (exact) mass is 239 g/mol. The lowest BCUT2D eigenvalue weighted by atomic mass is 9.96. The summed E-state index contributed by atoms with van der Waals surface area (Å²) in [5, 5.41) is 11.6. The van der Waals surface area contributed by atoms with Gasteiger partial charge in [-0.1, -0.05) is 13.8 Å². The van der Waals surface area contributed by atoms with Crippen LogP contribution in [-0.4, -0.2) is 36.3 Å². The minimum atomic E-state index is -0.677. The third-order valence-corrected chi connectivity index (χ3v) is 2.47. The summed E-state index contributed by atoms with van der Waals surface area (Å²) in [4.78, 5) is 24.8. The molecule has 0 radical (unpaired) electrons. The van der Waals surface area contributed by atoms with E-state index in [4.69, 9.17) is 5.26 Å². The van der Waals surface area contributed by atoms with E-state index in [-0.39, 0.29) is 24.3 Å². The van der Waals surface area contributed by atoms with E-state index >= 15 is 0 Å². The summed E-state index contributed by atoms with van der Waals surface area (Å²) in [7, 11) is 0. The molecule has 5 nitrogen and oxygen atoms in total. The highest BCUT2D eigenvalue weighted by atomic mass is 16.2. The van der Waals surface area contributed by atoms with Crippen molar-refractivity contribution in [3.63, 3.8) is 0 Å². The van der Waals surface area contributed by atoms with Gasteiger partial charge in [-0.3, -0.25) is 9.59 Å². The number of carbonyl (C=O) groups excluding carboxylic acids is 2. The van der Waals surface area contributed by atoms with Gasteiger partial charge < -0.3 is 10.2 Å². The van der Waals surface area contributed by atoms with Gasteiger partial charge in [0.2, 0.25) is 11.8 Å². The van der Waals surface area contributed by atoms with E-state index in [1.54, 1.807) is 6.92 Å². The molecule has 0 aromatic heterocycles. The van der Waals surface area contributed by atoms with Crippen LogP contribution in [0.3, 0.4) is 0 Å². The van der Waals surface area contributed by atoms with Crippen LogP contribution in [0.25, 0.3) is 0 Å². The standard InChI is InChI=1S/C12H21N3O2/c1-5-14-11(16)8-15(6-2)12(17)10(7-13)9(3)4/h9-10H,5-6,8H2,1-4H3,(H,14,16). The second-order valence-corrected chi connectivity index (χ2v) is 4.16. The Morgan fingerprint density at radius 3 is 2.29 bits per heavy atom. The van der Waals surface area contributed by atoms with Crippen molar-refractivity contribution in [1.29, 1.82) is 5.26 Å². The molecule has 1 N–H and O–H groups in total. The summed E-state index contributed by atoms with van der Waals surface area (Å²) < 4.78 is 0. The lowest BCUT2D eigenvalue weighted by molar-refractivity contribution is -0.138. The van der Waals surface area contributed by atoms with Crippen molar-refractivity contribution in [1.82, 2.24) is 10.2 Å². The fraction of sp³-hybridized carbons (Fsp3) is 0.750. The quantitative estimate of drug-likeness (QED) is 0.744. The lowest BCUT2D eigenvalue weighted by Gasteiger charge is -2.24. The topological polar surface area (TPSA) is 73.2 Å². The zero-order valence-electron chi connectivity index (χ0n) is 11.0. The first kappa shape index (κ1) is 15.4. The SMILES string of the molecule is CCNC(=O)CN(CC)C(=O)C(C#N)C(C)C. The number of likely N-dealkylation sites (N-methyl/N-ethyl adjacent to an activating group) is 2. The van der Waals surface area contributed by atoms with Gasteiger partial charge in [-0.2, -0.15) is 5.26 Å². The number of nitrogens with zero attached hydrogens (tertiary/aromatic N) is 2. The van der Waals surface area contributed by atoms with Crippen LogP contribution in [0.2, 0.25) is 0 Å². The number of nitrogens with one attached hydrogen (secondary N) is 1. The molecule has 1 atom stereocenters. The maximum atomic E-state index is 12.0. The minimum absolute atomic E-state index is 0.0219. The van der Waals surface area contributed by atoms with E-state index < -0.39 is 5.92 Å². The summed E-state index contributed by atoms with van der Waals surface area (Å²) in [5.74, 6) is -1.18. The summed E-state index contributed by atoms with van der Waals surface area (Å²) in [6.45, 7) is 8.26. The van der Waals surface area contributed by atoms with Gasteiger partial charge in [0.15, 0.2) is 0 Å². The normalized spacial score (nSPS) is 11.8. The zero-order valence-corrected chi connectivity index (χ0v) is 11.0. The molecule has 0 heterocycles. The maximum Gasteiger partial charge on any atom is 0.240 e. The van der Waals surface area contributed by atoms with Crippen LogP contribution in [0.1, 0.15) is 27.7 Å². The highest BCUT2D eigenvalue weighted by Gasteiger charge is 2.27. The van der Waals surface area contributed by atoms with Crippen molar-refractivity contribution in [3.05, 3.63) is 0 Å². The molecule has 0 bridgehead atoms. The van der Waals surface area contributed by atoms with Crippen molar-refractivity contribution in [3.8, 4) is 6.07 Å². The smallest absolute Gasteiger partial charge is 0.240 e. The Hall–Kier alpha value is -1.57. The number of hydrogen-bond acceptors (Lipinski definition) is 3. The molecule has 0 aromatic carbocycles. The van der Waals surface area contributed by atoms with Crippen molar-refractivity contribution < 1.29 is 9.59 Å². The highest BCUT2D eigenvalue weighted by molar-refractivity contribution is 5.87. The third-order valence-electron chi connectivity index (χ3n) is 2.47. The largest absolute Gasteiger partial charge is 0.355 e. The second kappa shape index (κ2) is 7.66. The Balaban J connectivity index is 4.60. The number of nitriles is 1. The fourth-order valence-corrected chi connectivity index (χ4v) is 1.46. The molecule has 1 unspecified atom stereocenters.